The van der Waals surface area contributed by atoms with E-state index in [1.54, 1.807) is 11.8 Å². The van der Waals surface area contributed by atoms with Crippen molar-refractivity contribution in [1.82, 2.24) is 4.72 Å². The molecule has 1 aliphatic heterocycles. The number of aliphatic hydroxyl groups excluding tert-OH is 1. The van der Waals surface area contributed by atoms with Crippen LogP contribution in [0.4, 0.5) is 0 Å². The van der Waals surface area contributed by atoms with Crippen molar-refractivity contribution in [3.8, 4) is 5.75 Å². The third kappa shape index (κ3) is 4.89. The van der Waals surface area contributed by atoms with Gasteiger partial charge in [-0.2, -0.15) is 11.8 Å². The van der Waals surface area contributed by atoms with Gasteiger partial charge in [0.2, 0.25) is 10.0 Å². The highest BCUT2D eigenvalue weighted by Gasteiger charge is 2.37. The van der Waals surface area contributed by atoms with Crippen LogP contribution in [0.3, 0.4) is 0 Å². The average Bonchev–Trinajstić information content (AvgIpc) is 3.13. The van der Waals surface area contributed by atoms with E-state index in [1.807, 2.05) is 0 Å². The van der Waals surface area contributed by atoms with Gasteiger partial charge < -0.3 is 19.3 Å². The zero-order valence-corrected chi connectivity index (χ0v) is 16.3. The van der Waals surface area contributed by atoms with Gasteiger partial charge in [-0.05, 0) is 30.4 Å². The van der Waals surface area contributed by atoms with Crippen molar-refractivity contribution in [3.63, 3.8) is 0 Å². The van der Waals surface area contributed by atoms with Crippen molar-refractivity contribution < 1.29 is 32.5 Å². The molecule has 1 aromatic rings. The molecular formula is C16H23NO7S2. The topological polar surface area (TPSA) is 111 Å². The largest absolute Gasteiger partial charge is 0.495 e. The summed E-state index contributed by atoms with van der Waals surface area (Å²) >= 11 is 1.67. The molecule has 2 rings (SSSR count). The lowest BCUT2D eigenvalue weighted by atomic mass is 10.0. The number of benzene rings is 1. The molecule has 1 saturated heterocycles. The number of rotatable bonds is 9. The molecule has 26 heavy (non-hydrogen) atoms. The second-order valence-electron chi connectivity index (χ2n) is 5.74. The first kappa shape index (κ1) is 21.0. The monoisotopic (exact) mass is 405 g/mol. The maximum absolute atomic E-state index is 12.8. The van der Waals surface area contributed by atoms with Crippen LogP contribution in [0, 0.1) is 0 Å². The fourth-order valence-electron chi connectivity index (χ4n) is 2.59. The van der Waals surface area contributed by atoms with Crippen molar-refractivity contribution in [2.75, 3.05) is 45.5 Å². The number of methoxy groups -OCH3 is 2. The highest BCUT2D eigenvalue weighted by molar-refractivity contribution is 7.99. The van der Waals surface area contributed by atoms with Gasteiger partial charge in [-0.15, -0.1) is 0 Å². The minimum Gasteiger partial charge on any atom is -0.495 e. The van der Waals surface area contributed by atoms with E-state index in [0.717, 1.165) is 5.75 Å². The quantitative estimate of drug-likeness (QED) is 0.576. The Labute approximate surface area is 157 Å². The van der Waals surface area contributed by atoms with Crippen molar-refractivity contribution in [1.29, 1.82) is 0 Å². The predicted octanol–water partition coefficient (Wildman–Crippen LogP) is 0.645. The van der Waals surface area contributed by atoms with Crippen LogP contribution in [-0.4, -0.2) is 70.6 Å². The van der Waals surface area contributed by atoms with E-state index in [4.69, 9.17) is 14.6 Å². The van der Waals surface area contributed by atoms with Crippen molar-refractivity contribution in [2.45, 2.75) is 16.9 Å². The lowest BCUT2D eigenvalue weighted by Gasteiger charge is -2.28. The van der Waals surface area contributed by atoms with Crippen LogP contribution < -0.4 is 9.46 Å². The fraction of sp³-hybridized carbons (Fsp3) is 0.562. The third-order valence-electron chi connectivity index (χ3n) is 4.03. The maximum atomic E-state index is 12.8. The summed E-state index contributed by atoms with van der Waals surface area (Å²) in [6.07, 6.45) is 0.680. The highest BCUT2D eigenvalue weighted by Crippen LogP contribution is 2.32. The second-order valence-corrected chi connectivity index (χ2v) is 8.58. The number of sulfonamides is 1. The molecule has 0 radical (unpaired) electrons. The number of hydrogen-bond acceptors (Lipinski definition) is 8. The lowest BCUT2D eigenvalue weighted by molar-refractivity contribution is -0.0358. The number of aliphatic hydroxyl groups is 1. The number of ether oxygens (including phenoxy) is 3. The molecule has 1 atom stereocenters. The van der Waals surface area contributed by atoms with Crippen LogP contribution in [-0.2, 0) is 19.5 Å². The summed E-state index contributed by atoms with van der Waals surface area (Å²) in [4.78, 5) is 11.6. The first-order valence-electron chi connectivity index (χ1n) is 7.96. The summed E-state index contributed by atoms with van der Waals surface area (Å²) < 4.78 is 43.6. The summed E-state index contributed by atoms with van der Waals surface area (Å²) in [5.74, 6) is 0.971. The van der Waals surface area contributed by atoms with Gasteiger partial charge in [0.15, 0.2) is 0 Å². The Balaban J connectivity index is 2.24. The van der Waals surface area contributed by atoms with Crippen molar-refractivity contribution >= 4 is 27.8 Å². The minimum absolute atomic E-state index is 0.0634. The van der Waals surface area contributed by atoms with Crippen LogP contribution >= 0.6 is 11.8 Å². The first-order valence-corrected chi connectivity index (χ1v) is 10.6. The average molecular weight is 405 g/mol. The number of thioether (sulfide) groups is 1. The molecule has 0 spiro atoms. The van der Waals surface area contributed by atoms with Crippen molar-refractivity contribution in [2.24, 2.45) is 0 Å². The van der Waals surface area contributed by atoms with Gasteiger partial charge >= 0.3 is 5.97 Å². The van der Waals surface area contributed by atoms with Gasteiger partial charge in [0, 0.05) is 12.3 Å². The molecule has 0 bridgehead atoms. The molecule has 10 heteroatoms. The molecule has 0 aromatic heterocycles. The molecule has 0 amide bonds. The second kappa shape index (κ2) is 9.05. The summed E-state index contributed by atoms with van der Waals surface area (Å²) in [5, 5.41) is 8.99. The molecule has 2 N–H and O–H groups in total. The summed E-state index contributed by atoms with van der Waals surface area (Å²) in [6, 6.07) is 4.06. The third-order valence-corrected chi connectivity index (χ3v) is 6.67. The van der Waals surface area contributed by atoms with Crippen LogP contribution in [0.15, 0.2) is 23.1 Å². The Bertz CT molecular complexity index is 730. The van der Waals surface area contributed by atoms with Gasteiger partial charge in [-0.25, -0.2) is 17.9 Å². The molecule has 1 aromatic carbocycles. The number of nitrogens with one attached hydrogen (secondary N) is 1. The number of hydrogen-bond donors (Lipinski definition) is 2. The highest BCUT2D eigenvalue weighted by atomic mass is 32.2. The van der Waals surface area contributed by atoms with E-state index in [-0.39, 0.29) is 36.0 Å². The standard InChI is InChI=1S/C16H23NO7S2/c1-22-13-4-3-12(15(19)23-2)9-14(13)26(20,21)17-10-16(24-7-6-18)5-8-25-11-16/h3-4,9,17-18H,5-8,10-11H2,1-2H3. The van der Waals surface area contributed by atoms with Gasteiger partial charge in [0.1, 0.15) is 10.6 Å². The number of carbonyl (C=O) groups is 1. The zero-order valence-electron chi connectivity index (χ0n) is 14.7. The van der Waals surface area contributed by atoms with Crippen LogP contribution in [0.2, 0.25) is 0 Å². The van der Waals surface area contributed by atoms with E-state index in [2.05, 4.69) is 9.46 Å². The van der Waals surface area contributed by atoms with Gasteiger partial charge in [-0.1, -0.05) is 0 Å². The molecule has 1 fully saturated rings. The molecule has 1 unspecified atom stereocenters. The molecule has 1 heterocycles. The van der Waals surface area contributed by atoms with E-state index in [1.165, 1.54) is 32.4 Å². The number of esters is 1. The van der Waals surface area contributed by atoms with E-state index in [0.29, 0.717) is 12.2 Å². The van der Waals surface area contributed by atoms with Gasteiger partial charge in [-0.3, -0.25) is 0 Å². The van der Waals surface area contributed by atoms with Crippen LogP contribution in [0.1, 0.15) is 16.8 Å². The molecule has 8 nitrogen and oxygen atoms in total. The Hall–Kier alpha value is -1.33. The molecular weight excluding hydrogens is 382 g/mol. The van der Waals surface area contributed by atoms with E-state index >= 15 is 0 Å². The summed E-state index contributed by atoms with van der Waals surface area (Å²) in [7, 11) is -1.38. The Kier molecular flexibility index (Phi) is 7.30. The van der Waals surface area contributed by atoms with Crippen LogP contribution in [0.25, 0.3) is 0 Å². The normalized spacial score (nSPS) is 20.1. The summed E-state index contributed by atoms with van der Waals surface area (Å²) in [5.41, 5.74) is -0.551. The lowest BCUT2D eigenvalue weighted by Crippen LogP contribution is -2.45. The minimum atomic E-state index is -3.95. The molecule has 0 saturated carbocycles. The van der Waals surface area contributed by atoms with Gasteiger partial charge in [0.05, 0.1) is 38.6 Å². The smallest absolute Gasteiger partial charge is 0.337 e. The Morgan fingerprint density at radius 2 is 2.15 bits per heavy atom. The zero-order chi connectivity index (χ0) is 19.2. The molecule has 1 aliphatic rings. The fourth-order valence-corrected chi connectivity index (χ4v) is 5.26. The van der Waals surface area contributed by atoms with Crippen molar-refractivity contribution in [3.05, 3.63) is 23.8 Å². The first-order chi connectivity index (χ1) is 12.4. The molecule has 0 aliphatic carbocycles. The maximum Gasteiger partial charge on any atom is 0.337 e. The Morgan fingerprint density at radius 1 is 1.38 bits per heavy atom. The Morgan fingerprint density at radius 3 is 2.73 bits per heavy atom. The summed E-state index contributed by atoms with van der Waals surface area (Å²) in [6.45, 7) is 0.0749. The van der Waals surface area contributed by atoms with Gasteiger partial charge in [0.25, 0.3) is 0 Å². The predicted molar refractivity (Wildman–Crippen MR) is 97.2 cm³/mol. The molecule has 146 valence electrons. The SMILES string of the molecule is COC(=O)c1ccc(OC)c(S(=O)(=O)NCC2(OCCO)CCSC2)c1. The van der Waals surface area contributed by atoms with E-state index < -0.39 is 21.6 Å². The van der Waals surface area contributed by atoms with Crippen LogP contribution in [0.5, 0.6) is 5.75 Å². The number of carbonyl (C=O) groups excluding carboxylic acids is 1. The van der Waals surface area contributed by atoms with E-state index in [9.17, 15) is 13.2 Å².